The molecule has 6 nitrogen and oxygen atoms in total. The standard InChI is InChI=1S/C21H27N3O3/c1-2-3-4-9-18-19(16-7-5-8-17(25)14-16)20(26)21(27)24(18)12-6-11-23-13-10-22-15-23/h5,7-8,10,13-15,18,25-26H,2-4,6,9,11-12H2,1H3. The van der Waals surface area contributed by atoms with Crippen molar-refractivity contribution in [2.45, 2.75) is 51.6 Å². The Morgan fingerprint density at radius 1 is 1.15 bits per heavy atom. The summed E-state index contributed by atoms with van der Waals surface area (Å²) in [6, 6.07) is 6.61. The van der Waals surface area contributed by atoms with Crippen LogP contribution in [0.5, 0.6) is 5.75 Å². The lowest BCUT2D eigenvalue weighted by Crippen LogP contribution is -2.36. The molecule has 1 aliphatic rings. The van der Waals surface area contributed by atoms with Gasteiger partial charge >= 0.3 is 0 Å². The number of hydrogen-bond donors (Lipinski definition) is 2. The van der Waals surface area contributed by atoms with Crippen LogP contribution in [0.15, 0.2) is 48.7 Å². The van der Waals surface area contributed by atoms with Crippen molar-refractivity contribution >= 4 is 11.5 Å². The Morgan fingerprint density at radius 3 is 2.70 bits per heavy atom. The van der Waals surface area contributed by atoms with Gasteiger partial charge in [-0.05, 0) is 30.5 Å². The zero-order valence-electron chi connectivity index (χ0n) is 15.7. The number of rotatable bonds is 9. The van der Waals surface area contributed by atoms with Crippen LogP contribution in [0, 0.1) is 0 Å². The summed E-state index contributed by atoms with van der Waals surface area (Å²) in [5.74, 6) is -0.378. The monoisotopic (exact) mass is 369 g/mol. The normalized spacial score (nSPS) is 17.1. The van der Waals surface area contributed by atoms with Crippen LogP contribution < -0.4 is 0 Å². The van der Waals surface area contributed by atoms with Crippen LogP contribution in [0.3, 0.4) is 0 Å². The number of aromatic nitrogens is 2. The number of carbonyl (C=O) groups is 1. The number of aliphatic hydroxyl groups excluding tert-OH is 1. The molecule has 0 radical (unpaired) electrons. The van der Waals surface area contributed by atoms with Gasteiger partial charge in [-0.15, -0.1) is 0 Å². The lowest BCUT2D eigenvalue weighted by Gasteiger charge is -2.27. The average molecular weight is 369 g/mol. The molecule has 0 bridgehead atoms. The van der Waals surface area contributed by atoms with Crippen LogP contribution >= 0.6 is 0 Å². The number of aliphatic hydroxyl groups is 1. The van der Waals surface area contributed by atoms with Gasteiger partial charge in [-0.25, -0.2) is 4.98 Å². The minimum absolute atomic E-state index is 0.131. The highest BCUT2D eigenvalue weighted by Gasteiger charge is 2.39. The zero-order chi connectivity index (χ0) is 19.2. The fourth-order valence-electron chi connectivity index (χ4n) is 3.70. The maximum Gasteiger partial charge on any atom is 0.289 e. The minimum atomic E-state index is -0.319. The first-order chi connectivity index (χ1) is 13.1. The molecule has 1 unspecified atom stereocenters. The van der Waals surface area contributed by atoms with E-state index < -0.39 is 0 Å². The fourth-order valence-corrected chi connectivity index (χ4v) is 3.70. The van der Waals surface area contributed by atoms with E-state index in [-0.39, 0.29) is 23.5 Å². The molecule has 1 atom stereocenters. The molecule has 0 aliphatic carbocycles. The molecule has 3 rings (SSSR count). The van der Waals surface area contributed by atoms with Crippen molar-refractivity contribution in [1.82, 2.24) is 14.5 Å². The predicted octanol–water partition coefficient (Wildman–Crippen LogP) is 3.74. The van der Waals surface area contributed by atoms with Gasteiger partial charge in [0.25, 0.3) is 5.91 Å². The highest BCUT2D eigenvalue weighted by Crippen LogP contribution is 2.36. The van der Waals surface area contributed by atoms with Gasteiger partial charge in [0.05, 0.1) is 12.4 Å². The number of amides is 1. The first kappa shape index (κ1) is 19.0. The number of phenols is 1. The van der Waals surface area contributed by atoms with E-state index in [0.717, 1.165) is 38.6 Å². The first-order valence-corrected chi connectivity index (χ1v) is 9.61. The Balaban J connectivity index is 1.79. The minimum Gasteiger partial charge on any atom is -0.508 e. The van der Waals surface area contributed by atoms with Crippen molar-refractivity contribution in [2.75, 3.05) is 6.54 Å². The van der Waals surface area contributed by atoms with E-state index in [4.69, 9.17) is 0 Å². The summed E-state index contributed by atoms with van der Waals surface area (Å²) >= 11 is 0. The van der Waals surface area contributed by atoms with Crippen LogP contribution in [0.2, 0.25) is 0 Å². The molecule has 144 valence electrons. The predicted molar refractivity (Wildman–Crippen MR) is 104 cm³/mol. The molecule has 0 saturated carbocycles. The number of benzene rings is 1. The Morgan fingerprint density at radius 2 is 2.00 bits per heavy atom. The van der Waals surface area contributed by atoms with Crippen LogP contribution in [0.4, 0.5) is 0 Å². The number of imidazole rings is 1. The molecular formula is C21H27N3O3. The molecule has 2 N–H and O–H groups in total. The second-order valence-electron chi connectivity index (χ2n) is 6.98. The third-order valence-electron chi connectivity index (χ3n) is 5.04. The molecule has 1 aromatic carbocycles. The highest BCUT2D eigenvalue weighted by molar-refractivity contribution is 6.05. The summed E-state index contributed by atoms with van der Waals surface area (Å²) < 4.78 is 1.98. The Labute approximate surface area is 159 Å². The number of nitrogens with zero attached hydrogens (tertiary/aromatic N) is 3. The van der Waals surface area contributed by atoms with Gasteiger partial charge in [-0.1, -0.05) is 38.3 Å². The maximum absolute atomic E-state index is 12.7. The summed E-state index contributed by atoms with van der Waals surface area (Å²) in [6.07, 6.45) is 10.2. The van der Waals surface area contributed by atoms with Crippen molar-refractivity contribution < 1.29 is 15.0 Å². The van der Waals surface area contributed by atoms with Crippen molar-refractivity contribution in [3.63, 3.8) is 0 Å². The van der Waals surface area contributed by atoms with Crippen LogP contribution in [-0.2, 0) is 11.3 Å². The van der Waals surface area contributed by atoms with Crippen molar-refractivity contribution in [1.29, 1.82) is 0 Å². The van der Waals surface area contributed by atoms with Crippen molar-refractivity contribution in [2.24, 2.45) is 0 Å². The third-order valence-corrected chi connectivity index (χ3v) is 5.04. The molecule has 0 saturated heterocycles. The Kier molecular flexibility index (Phi) is 6.16. The van der Waals surface area contributed by atoms with Gasteiger partial charge < -0.3 is 19.7 Å². The number of aryl methyl sites for hydroxylation is 1. The highest BCUT2D eigenvalue weighted by atomic mass is 16.3. The molecular weight excluding hydrogens is 342 g/mol. The van der Waals surface area contributed by atoms with Crippen molar-refractivity contribution in [3.05, 3.63) is 54.3 Å². The number of carbonyl (C=O) groups excluding carboxylic acids is 1. The van der Waals surface area contributed by atoms with E-state index in [1.54, 1.807) is 35.6 Å². The Hall–Kier alpha value is -2.76. The fraction of sp³-hybridized carbons (Fsp3) is 0.429. The summed E-state index contributed by atoms with van der Waals surface area (Å²) in [6.45, 7) is 3.49. The number of phenolic OH excluding ortho intramolecular Hbond substituents is 1. The second-order valence-corrected chi connectivity index (χ2v) is 6.98. The maximum atomic E-state index is 12.7. The van der Waals surface area contributed by atoms with E-state index in [2.05, 4.69) is 11.9 Å². The molecule has 1 amide bonds. The lowest BCUT2D eigenvalue weighted by molar-refractivity contribution is -0.129. The van der Waals surface area contributed by atoms with E-state index in [9.17, 15) is 15.0 Å². The van der Waals surface area contributed by atoms with E-state index in [0.29, 0.717) is 17.7 Å². The summed E-state index contributed by atoms with van der Waals surface area (Å²) in [5, 5.41) is 20.4. The summed E-state index contributed by atoms with van der Waals surface area (Å²) in [5.41, 5.74) is 1.34. The first-order valence-electron chi connectivity index (χ1n) is 9.61. The van der Waals surface area contributed by atoms with Crippen molar-refractivity contribution in [3.8, 4) is 5.75 Å². The average Bonchev–Trinajstić information content (AvgIpc) is 3.24. The van der Waals surface area contributed by atoms with Gasteiger partial charge in [0.2, 0.25) is 0 Å². The number of aromatic hydroxyl groups is 1. The quantitative estimate of drug-likeness (QED) is 0.660. The van der Waals surface area contributed by atoms with Gasteiger partial charge in [0.1, 0.15) is 5.75 Å². The largest absolute Gasteiger partial charge is 0.508 e. The van der Waals surface area contributed by atoms with E-state index >= 15 is 0 Å². The van der Waals surface area contributed by atoms with Gasteiger partial charge in [0.15, 0.2) is 5.76 Å². The SMILES string of the molecule is CCCCCC1C(c2cccc(O)c2)=C(O)C(=O)N1CCCn1ccnc1. The van der Waals surface area contributed by atoms with Crippen LogP contribution in [-0.4, -0.2) is 43.2 Å². The van der Waals surface area contributed by atoms with Crippen LogP contribution in [0.25, 0.3) is 5.57 Å². The molecule has 0 fully saturated rings. The second kappa shape index (κ2) is 8.75. The van der Waals surface area contributed by atoms with Crippen LogP contribution in [0.1, 0.15) is 44.6 Å². The third kappa shape index (κ3) is 4.32. The smallest absolute Gasteiger partial charge is 0.289 e. The zero-order valence-corrected chi connectivity index (χ0v) is 15.7. The number of unbranched alkanes of at least 4 members (excludes halogenated alkanes) is 2. The number of hydrogen-bond acceptors (Lipinski definition) is 4. The van der Waals surface area contributed by atoms with Gasteiger partial charge in [0, 0.05) is 31.1 Å². The summed E-state index contributed by atoms with van der Waals surface area (Å²) in [4.78, 5) is 18.6. The molecule has 2 aromatic rings. The van der Waals surface area contributed by atoms with E-state index in [1.807, 2.05) is 16.8 Å². The Bertz CT molecular complexity index is 799. The van der Waals surface area contributed by atoms with Gasteiger partial charge in [-0.2, -0.15) is 0 Å². The van der Waals surface area contributed by atoms with Gasteiger partial charge in [-0.3, -0.25) is 4.79 Å². The topological polar surface area (TPSA) is 78.6 Å². The molecule has 6 heteroatoms. The molecule has 1 aromatic heterocycles. The molecule has 0 spiro atoms. The van der Waals surface area contributed by atoms with E-state index in [1.165, 1.54) is 0 Å². The molecule has 1 aliphatic heterocycles. The molecule has 27 heavy (non-hydrogen) atoms. The summed E-state index contributed by atoms with van der Waals surface area (Å²) in [7, 11) is 0. The lowest BCUT2D eigenvalue weighted by atomic mass is 9.94. The molecule has 2 heterocycles.